The molecule has 14 heavy (non-hydrogen) atoms. The van der Waals surface area contributed by atoms with Gasteiger partial charge in [-0.15, -0.1) is 0 Å². The van der Waals surface area contributed by atoms with Crippen molar-refractivity contribution in [2.45, 2.75) is 25.4 Å². The molecule has 2 fully saturated rings. The minimum Gasteiger partial charge on any atom is -0.368 e. The minimum atomic E-state index is -0.177. The van der Waals surface area contributed by atoms with E-state index in [9.17, 15) is 4.79 Å². The van der Waals surface area contributed by atoms with Gasteiger partial charge in [0.2, 0.25) is 5.91 Å². The Hall–Kier alpha value is -0.610. The summed E-state index contributed by atoms with van der Waals surface area (Å²) in [6.45, 7) is 3.65. The predicted molar refractivity (Wildman–Crippen MR) is 53.0 cm³/mol. The van der Waals surface area contributed by atoms with E-state index in [-0.39, 0.29) is 12.0 Å². The molecule has 1 amide bonds. The molecule has 2 rings (SSSR count). The molecule has 2 aliphatic heterocycles. The molecule has 0 aromatic rings. The maximum Gasteiger partial charge on any atom is 0.249 e. The lowest BCUT2D eigenvalue weighted by Crippen LogP contribution is -2.37. The highest BCUT2D eigenvalue weighted by Crippen LogP contribution is 2.12. The molecule has 2 aliphatic rings. The van der Waals surface area contributed by atoms with Gasteiger partial charge in [0.15, 0.2) is 0 Å². The lowest BCUT2D eigenvalue weighted by atomic mass is 10.1. The van der Waals surface area contributed by atoms with E-state index in [1.165, 1.54) is 6.42 Å². The second kappa shape index (κ2) is 4.75. The number of ether oxygens (including phenoxy) is 1. The van der Waals surface area contributed by atoms with Crippen molar-refractivity contribution in [3.05, 3.63) is 0 Å². The summed E-state index contributed by atoms with van der Waals surface area (Å²) < 4.78 is 5.30. The topological polar surface area (TPSA) is 50.4 Å². The van der Waals surface area contributed by atoms with Crippen molar-refractivity contribution in [3.63, 3.8) is 0 Å². The van der Waals surface area contributed by atoms with Gasteiger partial charge in [0, 0.05) is 13.2 Å². The van der Waals surface area contributed by atoms with Crippen LogP contribution in [0.3, 0.4) is 0 Å². The average molecular weight is 198 g/mol. The maximum atomic E-state index is 11.5. The number of carbonyl (C=O) groups excluding carboxylic acids is 1. The molecule has 0 bridgehead atoms. The average Bonchev–Trinajstić information content (AvgIpc) is 2.87. The van der Waals surface area contributed by atoms with Crippen LogP contribution in [0.15, 0.2) is 0 Å². The second-order valence-electron chi connectivity index (χ2n) is 4.11. The van der Waals surface area contributed by atoms with Gasteiger partial charge in [0.25, 0.3) is 0 Å². The summed E-state index contributed by atoms with van der Waals surface area (Å²) in [6.07, 6.45) is 2.90. The summed E-state index contributed by atoms with van der Waals surface area (Å²) in [5.74, 6) is 0.690. The second-order valence-corrected chi connectivity index (χ2v) is 4.11. The number of nitrogens with one attached hydrogen (secondary N) is 2. The zero-order chi connectivity index (χ0) is 9.80. The first-order valence-electron chi connectivity index (χ1n) is 5.46. The van der Waals surface area contributed by atoms with Gasteiger partial charge in [-0.25, -0.2) is 0 Å². The van der Waals surface area contributed by atoms with Crippen LogP contribution in [0.2, 0.25) is 0 Å². The van der Waals surface area contributed by atoms with Gasteiger partial charge in [-0.05, 0) is 38.3 Å². The highest BCUT2D eigenvalue weighted by atomic mass is 16.5. The lowest BCUT2D eigenvalue weighted by molar-refractivity contribution is -0.130. The number of carbonyl (C=O) groups is 1. The Kier molecular flexibility index (Phi) is 3.37. The fraction of sp³-hybridized carbons (Fsp3) is 0.900. The van der Waals surface area contributed by atoms with E-state index < -0.39 is 0 Å². The molecular weight excluding hydrogens is 180 g/mol. The normalized spacial score (nSPS) is 32.0. The number of amides is 1. The van der Waals surface area contributed by atoms with Crippen molar-refractivity contribution in [3.8, 4) is 0 Å². The van der Waals surface area contributed by atoms with Crippen LogP contribution in [-0.4, -0.2) is 38.3 Å². The molecule has 1 unspecified atom stereocenters. The molecular formula is C10H18N2O2. The van der Waals surface area contributed by atoms with Gasteiger partial charge in [-0.3, -0.25) is 4.79 Å². The SMILES string of the molecule is O=C(NCC1CCNC1)[C@H]1CCCO1. The summed E-state index contributed by atoms with van der Waals surface area (Å²) in [7, 11) is 0. The fourth-order valence-electron chi connectivity index (χ4n) is 2.03. The van der Waals surface area contributed by atoms with Gasteiger partial charge in [-0.2, -0.15) is 0 Å². The quantitative estimate of drug-likeness (QED) is 0.665. The Morgan fingerprint density at radius 1 is 1.50 bits per heavy atom. The standard InChI is InChI=1S/C10H18N2O2/c13-10(9-2-1-5-14-9)12-7-8-3-4-11-6-8/h8-9,11H,1-7H2,(H,12,13)/t8?,9-/m1/s1. The Morgan fingerprint density at radius 3 is 3.07 bits per heavy atom. The highest BCUT2D eigenvalue weighted by molar-refractivity contribution is 5.80. The van der Waals surface area contributed by atoms with E-state index in [1.54, 1.807) is 0 Å². The van der Waals surface area contributed by atoms with E-state index in [4.69, 9.17) is 4.74 Å². The van der Waals surface area contributed by atoms with Crippen molar-refractivity contribution in [2.75, 3.05) is 26.2 Å². The molecule has 0 aromatic carbocycles. The van der Waals surface area contributed by atoms with Crippen molar-refractivity contribution in [1.82, 2.24) is 10.6 Å². The lowest BCUT2D eigenvalue weighted by Gasteiger charge is -2.13. The Labute approximate surface area is 84.4 Å². The first-order chi connectivity index (χ1) is 6.86. The number of hydrogen-bond donors (Lipinski definition) is 2. The van der Waals surface area contributed by atoms with E-state index in [1.807, 2.05) is 0 Å². The fourth-order valence-corrected chi connectivity index (χ4v) is 2.03. The third-order valence-corrected chi connectivity index (χ3v) is 2.95. The van der Waals surface area contributed by atoms with Crippen LogP contribution in [0.4, 0.5) is 0 Å². The van der Waals surface area contributed by atoms with Crippen LogP contribution in [0.5, 0.6) is 0 Å². The summed E-state index contributed by atoms with van der Waals surface area (Å²) in [6, 6.07) is 0. The van der Waals surface area contributed by atoms with Gasteiger partial charge >= 0.3 is 0 Å². The molecule has 0 aliphatic carbocycles. The molecule has 0 saturated carbocycles. The Bertz CT molecular complexity index is 196. The van der Waals surface area contributed by atoms with Crippen molar-refractivity contribution in [2.24, 2.45) is 5.92 Å². The summed E-state index contributed by atoms with van der Waals surface area (Å²) >= 11 is 0. The van der Waals surface area contributed by atoms with Gasteiger partial charge in [0.05, 0.1) is 0 Å². The molecule has 80 valence electrons. The smallest absolute Gasteiger partial charge is 0.249 e. The molecule has 0 spiro atoms. The molecule has 0 aromatic heterocycles. The Morgan fingerprint density at radius 2 is 2.43 bits per heavy atom. The van der Waals surface area contributed by atoms with E-state index in [0.29, 0.717) is 5.92 Å². The molecule has 2 saturated heterocycles. The molecule has 2 heterocycles. The predicted octanol–water partition coefficient (Wildman–Crippen LogP) is -0.109. The monoisotopic (exact) mass is 198 g/mol. The molecule has 2 atom stereocenters. The Balaban J connectivity index is 1.66. The first kappa shape index (κ1) is 9.93. The summed E-state index contributed by atoms with van der Waals surface area (Å²) in [5, 5.41) is 6.25. The summed E-state index contributed by atoms with van der Waals surface area (Å²) in [5.41, 5.74) is 0. The maximum absolute atomic E-state index is 11.5. The molecule has 4 heteroatoms. The molecule has 2 N–H and O–H groups in total. The molecule has 0 radical (unpaired) electrons. The highest BCUT2D eigenvalue weighted by Gasteiger charge is 2.24. The number of rotatable bonds is 3. The minimum absolute atomic E-state index is 0.0781. The van der Waals surface area contributed by atoms with E-state index in [0.717, 1.165) is 39.1 Å². The van der Waals surface area contributed by atoms with Crippen LogP contribution in [0, 0.1) is 5.92 Å². The first-order valence-corrected chi connectivity index (χ1v) is 5.46. The largest absolute Gasteiger partial charge is 0.368 e. The van der Waals surface area contributed by atoms with Crippen LogP contribution in [0.1, 0.15) is 19.3 Å². The summed E-state index contributed by atoms with van der Waals surface area (Å²) in [4.78, 5) is 11.5. The van der Waals surface area contributed by atoms with E-state index in [2.05, 4.69) is 10.6 Å². The van der Waals surface area contributed by atoms with Crippen molar-refractivity contribution < 1.29 is 9.53 Å². The van der Waals surface area contributed by atoms with Gasteiger partial charge in [-0.1, -0.05) is 0 Å². The van der Waals surface area contributed by atoms with E-state index >= 15 is 0 Å². The van der Waals surface area contributed by atoms with Crippen molar-refractivity contribution >= 4 is 5.91 Å². The molecule has 4 nitrogen and oxygen atoms in total. The zero-order valence-corrected chi connectivity index (χ0v) is 8.42. The third kappa shape index (κ3) is 2.45. The van der Waals surface area contributed by atoms with Gasteiger partial charge in [0.1, 0.15) is 6.10 Å². The third-order valence-electron chi connectivity index (χ3n) is 2.95. The van der Waals surface area contributed by atoms with Crippen LogP contribution < -0.4 is 10.6 Å². The van der Waals surface area contributed by atoms with Crippen molar-refractivity contribution in [1.29, 1.82) is 0 Å². The van der Waals surface area contributed by atoms with Gasteiger partial charge < -0.3 is 15.4 Å². The zero-order valence-electron chi connectivity index (χ0n) is 8.42. The van der Waals surface area contributed by atoms with Crippen LogP contribution in [0.25, 0.3) is 0 Å². The van der Waals surface area contributed by atoms with Crippen LogP contribution >= 0.6 is 0 Å². The van der Waals surface area contributed by atoms with Crippen LogP contribution in [-0.2, 0) is 9.53 Å². The number of hydrogen-bond acceptors (Lipinski definition) is 3.